The lowest BCUT2D eigenvalue weighted by Gasteiger charge is -2.19. The third kappa shape index (κ3) is 3.72. The summed E-state index contributed by atoms with van der Waals surface area (Å²) in [6, 6.07) is 7.41. The molecule has 0 unspecified atom stereocenters. The van der Waals surface area contributed by atoms with Crippen LogP contribution >= 0.6 is 12.2 Å². The molecule has 1 aromatic carbocycles. The van der Waals surface area contributed by atoms with E-state index in [0.717, 1.165) is 42.0 Å². The molecule has 0 saturated carbocycles. The number of aryl methyl sites for hydroxylation is 1. The van der Waals surface area contributed by atoms with Crippen LogP contribution < -0.4 is 5.56 Å². The van der Waals surface area contributed by atoms with Crippen molar-refractivity contribution in [2.75, 3.05) is 6.54 Å². The Labute approximate surface area is 162 Å². The maximum atomic E-state index is 12.3. The lowest BCUT2D eigenvalue weighted by atomic mass is 10.2. The van der Waals surface area contributed by atoms with Gasteiger partial charge in [-0.25, -0.2) is 9.67 Å². The van der Waals surface area contributed by atoms with E-state index in [1.54, 1.807) is 6.07 Å². The molecule has 1 aliphatic rings. The third-order valence-corrected chi connectivity index (χ3v) is 5.53. The van der Waals surface area contributed by atoms with Gasteiger partial charge in [-0.1, -0.05) is 25.5 Å². The summed E-state index contributed by atoms with van der Waals surface area (Å²) in [5.74, 6) is 1.75. The van der Waals surface area contributed by atoms with Crippen LogP contribution in [0.3, 0.4) is 0 Å². The van der Waals surface area contributed by atoms with Gasteiger partial charge >= 0.3 is 0 Å². The van der Waals surface area contributed by atoms with Crippen LogP contribution in [0.25, 0.3) is 10.9 Å². The SMILES string of the molecule is CCN(Cc1nc2ccccc2c(=O)[nH]1)Cn1nc2n(c1=S)CCCCC2. The van der Waals surface area contributed by atoms with Crippen molar-refractivity contribution in [3.63, 3.8) is 0 Å². The van der Waals surface area contributed by atoms with Crippen LogP contribution in [-0.4, -0.2) is 35.8 Å². The maximum Gasteiger partial charge on any atom is 0.258 e. The van der Waals surface area contributed by atoms with Crippen molar-refractivity contribution in [1.29, 1.82) is 0 Å². The van der Waals surface area contributed by atoms with E-state index in [4.69, 9.17) is 17.3 Å². The Balaban J connectivity index is 1.57. The third-order valence-electron chi connectivity index (χ3n) is 5.10. The molecule has 8 heteroatoms. The Morgan fingerprint density at radius 3 is 2.96 bits per heavy atom. The molecule has 3 aromatic rings. The smallest absolute Gasteiger partial charge is 0.258 e. The standard InChI is InChI=1S/C19H24N6OS/c1-2-23(12-16-20-15-9-6-5-8-14(15)18(26)21-16)13-25-19(27)24-11-7-3-4-10-17(24)22-25/h5-6,8-9H,2-4,7,10-13H2,1H3,(H,20,21,26). The van der Waals surface area contributed by atoms with E-state index >= 15 is 0 Å². The molecule has 1 aliphatic heterocycles. The van der Waals surface area contributed by atoms with E-state index in [-0.39, 0.29) is 5.56 Å². The molecule has 0 bridgehead atoms. The van der Waals surface area contributed by atoms with Crippen LogP contribution in [0.4, 0.5) is 0 Å². The van der Waals surface area contributed by atoms with Crippen LogP contribution in [0.5, 0.6) is 0 Å². The first-order valence-electron chi connectivity index (χ1n) is 9.52. The van der Waals surface area contributed by atoms with Crippen molar-refractivity contribution in [3.05, 3.63) is 51.0 Å². The molecule has 0 saturated heterocycles. The number of nitrogens with zero attached hydrogens (tertiary/aromatic N) is 5. The van der Waals surface area contributed by atoms with Gasteiger partial charge in [-0.2, -0.15) is 5.10 Å². The van der Waals surface area contributed by atoms with E-state index in [0.29, 0.717) is 24.4 Å². The fourth-order valence-corrected chi connectivity index (χ4v) is 3.89. The van der Waals surface area contributed by atoms with Crippen LogP contribution in [0.2, 0.25) is 0 Å². The number of nitrogens with one attached hydrogen (secondary N) is 1. The van der Waals surface area contributed by atoms with Crippen LogP contribution in [-0.2, 0) is 26.2 Å². The van der Waals surface area contributed by atoms with Crippen molar-refractivity contribution >= 4 is 23.1 Å². The predicted molar refractivity (Wildman–Crippen MR) is 107 cm³/mol. The molecule has 27 heavy (non-hydrogen) atoms. The molecule has 7 nitrogen and oxygen atoms in total. The minimum absolute atomic E-state index is 0.100. The summed E-state index contributed by atoms with van der Waals surface area (Å²) < 4.78 is 4.86. The van der Waals surface area contributed by atoms with Crippen LogP contribution in [0.1, 0.15) is 37.8 Å². The second kappa shape index (κ2) is 7.74. The lowest BCUT2D eigenvalue weighted by molar-refractivity contribution is 0.202. The Hall–Kier alpha value is -2.32. The van der Waals surface area contributed by atoms with Crippen molar-refractivity contribution in [2.45, 2.75) is 52.4 Å². The highest BCUT2D eigenvalue weighted by Crippen LogP contribution is 2.15. The molecular formula is C19H24N6OS. The van der Waals surface area contributed by atoms with Gasteiger partial charge in [-0.3, -0.25) is 9.69 Å². The average Bonchev–Trinajstić information content (AvgIpc) is 2.84. The first kappa shape index (κ1) is 18.1. The number of aromatic amines is 1. The molecule has 3 heterocycles. The largest absolute Gasteiger partial charge is 0.309 e. The Morgan fingerprint density at radius 2 is 2.11 bits per heavy atom. The lowest BCUT2D eigenvalue weighted by Crippen LogP contribution is -2.28. The molecule has 4 rings (SSSR count). The zero-order valence-corrected chi connectivity index (χ0v) is 16.3. The number of H-pyrrole nitrogens is 1. The highest BCUT2D eigenvalue weighted by Gasteiger charge is 2.16. The summed E-state index contributed by atoms with van der Waals surface area (Å²) >= 11 is 5.65. The van der Waals surface area contributed by atoms with E-state index in [1.165, 1.54) is 12.8 Å². The Kier molecular flexibility index (Phi) is 5.18. The quantitative estimate of drug-likeness (QED) is 0.685. The molecule has 0 radical (unpaired) electrons. The maximum absolute atomic E-state index is 12.3. The highest BCUT2D eigenvalue weighted by atomic mass is 32.1. The minimum Gasteiger partial charge on any atom is -0.309 e. The monoisotopic (exact) mass is 384 g/mol. The second-order valence-electron chi connectivity index (χ2n) is 6.98. The number of benzene rings is 1. The number of fused-ring (bicyclic) bond motifs is 2. The summed E-state index contributed by atoms with van der Waals surface area (Å²) in [6.45, 7) is 4.98. The fourth-order valence-electron chi connectivity index (χ4n) is 3.59. The van der Waals surface area contributed by atoms with Gasteiger partial charge in [-0.15, -0.1) is 0 Å². The van der Waals surface area contributed by atoms with Crippen molar-refractivity contribution in [1.82, 2.24) is 29.2 Å². The first-order chi connectivity index (χ1) is 13.2. The number of aromatic nitrogens is 5. The molecule has 2 aromatic heterocycles. The minimum atomic E-state index is -0.100. The zero-order valence-electron chi connectivity index (χ0n) is 15.5. The van der Waals surface area contributed by atoms with Crippen LogP contribution in [0.15, 0.2) is 29.1 Å². The van der Waals surface area contributed by atoms with E-state index in [2.05, 4.69) is 26.4 Å². The normalized spacial score (nSPS) is 14.4. The molecule has 142 valence electrons. The average molecular weight is 385 g/mol. The van der Waals surface area contributed by atoms with Gasteiger partial charge in [0.25, 0.3) is 5.56 Å². The summed E-state index contributed by atoms with van der Waals surface area (Å²) in [5, 5.41) is 5.36. The number of rotatable bonds is 5. The van der Waals surface area contributed by atoms with Gasteiger partial charge in [0.1, 0.15) is 11.6 Å². The van der Waals surface area contributed by atoms with Crippen molar-refractivity contribution in [2.24, 2.45) is 0 Å². The molecule has 0 spiro atoms. The Morgan fingerprint density at radius 1 is 1.26 bits per heavy atom. The van der Waals surface area contributed by atoms with E-state index in [9.17, 15) is 4.79 Å². The van der Waals surface area contributed by atoms with E-state index in [1.807, 2.05) is 22.9 Å². The van der Waals surface area contributed by atoms with Gasteiger partial charge in [-0.05, 0) is 43.7 Å². The fraction of sp³-hybridized carbons (Fsp3) is 0.474. The summed E-state index contributed by atoms with van der Waals surface area (Å²) in [7, 11) is 0. The van der Waals surface area contributed by atoms with Crippen molar-refractivity contribution in [3.8, 4) is 0 Å². The molecule has 0 aliphatic carbocycles. The molecular weight excluding hydrogens is 360 g/mol. The first-order valence-corrected chi connectivity index (χ1v) is 9.93. The number of hydrogen-bond donors (Lipinski definition) is 1. The molecule has 0 fully saturated rings. The highest BCUT2D eigenvalue weighted by molar-refractivity contribution is 7.71. The molecule has 1 N–H and O–H groups in total. The zero-order chi connectivity index (χ0) is 18.8. The van der Waals surface area contributed by atoms with Gasteiger partial charge in [0.05, 0.1) is 24.1 Å². The summed E-state index contributed by atoms with van der Waals surface area (Å²) in [4.78, 5) is 22.0. The van der Waals surface area contributed by atoms with Crippen molar-refractivity contribution < 1.29 is 0 Å². The predicted octanol–water partition coefficient (Wildman–Crippen LogP) is 2.86. The van der Waals surface area contributed by atoms with Gasteiger partial charge in [0.2, 0.25) is 0 Å². The second-order valence-corrected chi connectivity index (χ2v) is 7.34. The van der Waals surface area contributed by atoms with Gasteiger partial charge in [0.15, 0.2) is 4.77 Å². The van der Waals surface area contributed by atoms with Crippen LogP contribution in [0, 0.1) is 4.77 Å². The summed E-state index contributed by atoms with van der Waals surface area (Å²) in [6.07, 6.45) is 4.56. The van der Waals surface area contributed by atoms with Gasteiger partial charge in [0, 0.05) is 13.0 Å². The summed E-state index contributed by atoms with van der Waals surface area (Å²) in [5.41, 5.74) is 0.620. The molecule has 0 atom stereocenters. The van der Waals surface area contributed by atoms with Gasteiger partial charge < -0.3 is 9.55 Å². The number of para-hydroxylation sites is 1. The topological polar surface area (TPSA) is 71.7 Å². The Bertz CT molecular complexity index is 1070. The number of hydrogen-bond acceptors (Lipinski definition) is 5. The molecule has 0 amide bonds. The van der Waals surface area contributed by atoms with E-state index < -0.39 is 0 Å².